The quantitative estimate of drug-likeness (QED) is 0.215. The molecule has 5 atom stereocenters. The summed E-state index contributed by atoms with van der Waals surface area (Å²) in [4.78, 5) is 0. The summed E-state index contributed by atoms with van der Waals surface area (Å²) in [5, 5.41) is -0.159. The molecule has 7 heteroatoms. The van der Waals surface area contributed by atoms with Crippen molar-refractivity contribution in [3.05, 3.63) is 0 Å². The third-order valence-corrected chi connectivity index (χ3v) is 21.9. The Labute approximate surface area is 207 Å². The first kappa shape index (κ1) is 32.7. The van der Waals surface area contributed by atoms with E-state index >= 15 is 0 Å². The van der Waals surface area contributed by atoms with Crippen LogP contribution in [0.15, 0.2) is 0 Å². The average molecular weight is 521 g/mol. The van der Waals surface area contributed by atoms with Gasteiger partial charge in [0.15, 0.2) is 16.6 Å². The Bertz CT molecular complexity index is 601. The second-order valence-corrected chi connectivity index (χ2v) is 30.4. The second-order valence-electron chi connectivity index (χ2n) is 13.4. The lowest BCUT2D eigenvalue weighted by molar-refractivity contribution is -0.00379. The highest BCUT2D eigenvalue weighted by atomic mass is 28.4. The molecule has 0 aliphatic rings. The van der Waals surface area contributed by atoms with Crippen LogP contribution >= 0.6 is 0 Å². The van der Waals surface area contributed by atoms with Gasteiger partial charge in [-0.05, 0) is 85.7 Å². The zero-order valence-corrected chi connectivity index (χ0v) is 29.3. The van der Waals surface area contributed by atoms with E-state index in [4.69, 9.17) is 13.3 Å². The summed E-state index contributed by atoms with van der Waals surface area (Å²) in [6.07, 6.45) is 4.15. The first-order valence-corrected chi connectivity index (χ1v) is 25.1. The van der Waals surface area contributed by atoms with Gasteiger partial charge < -0.3 is 13.3 Å². The zero-order chi connectivity index (χ0) is 26.0. The Hall–Kier alpha value is 0.748. The van der Waals surface area contributed by atoms with E-state index < -0.39 is 33.7 Å². The van der Waals surface area contributed by atoms with Gasteiger partial charge in [-0.25, -0.2) is 0 Å². The van der Waals surface area contributed by atoms with Crippen LogP contribution in [0.4, 0.5) is 0 Å². The summed E-state index contributed by atoms with van der Waals surface area (Å²) < 4.78 is 21.4. The van der Waals surface area contributed by atoms with Gasteiger partial charge in [-0.1, -0.05) is 54.3 Å². The topological polar surface area (TPSA) is 27.7 Å². The molecular weight excluding hydrogens is 461 g/mol. The minimum Gasteiger partial charge on any atom is -0.414 e. The Morgan fingerprint density at radius 2 is 1.12 bits per heavy atom. The summed E-state index contributed by atoms with van der Waals surface area (Å²) in [5.74, 6) is 0. The number of hydrogen-bond donors (Lipinski definition) is 0. The molecule has 32 heavy (non-hydrogen) atoms. The van der Waals surface area contributed by atoms with E-state index in [0.29, 0.717) is 0 Å². The van der Waals surface area contributed by atoms with Crippen molar-refractivity contribution in [3.63, 3.8) is 0 Å². The molecule has 0 aliphatic heterocycles. The van der Waals surface area contributed by atoms with Crippen LogP contribution in [-0.2, 0) is 13.3 Å². The van der Waals surface area contributed by atoms with E-state index in [1.54, 1.807) is 0 Å². The molecule has 0 bridgehead atoms. The van der Waals surface area contributed by atoms with Gasteiger partial charge >= 0.3 is 0 Å². The van der Waals surface area contributed by atoms with Gasteiger partial charge in [-0.2, -0.15) is 0 Å². The van der Waals surface area contributed by atoms with Gasteiger partial charge in [0.05, 0.1) is 18.9 Å². The predicted octanol–water partition coefficient (Wildman–Crippen LogP) is 8.52. The smallest absolute Gasteiger partial charge is 0.204 e. The highest BCUT2D eigenvalue weighted by molar-refractivity contribution is 6.81. The molecule has 3 nitrogen and oxygen atoms in total. The minimum absolute atomic E-state index is 0.0000967. The third-order valence-electron chi connectivity index (χ3n) is 9.16. The van der Waals surface area contributed by atoms with Crippen molar-refractivity contribution in [2.75, 3.05) is 0 Å². The maximum atomic E-state index is 7.33. The van der Waals surface area contributed by atoms with Crippen molar-refractivity contribution in [2.24, 2.45) is 0 Å². The van der Waals surface area contributed by atoms with Crippen LogP contribution in [0.1, 0.15) is 81.1 Å². The fraction of sp³-hybridized carbons (Fsp3) is 1.00. The fourth-order valence-corrected chi connectivity index (χ4v) is 17.5. The van der Waals surface area contributed by atoms with Crippen molar-refractivity contribution < 1.29 is 13.3 Å². The van der Waals surface area contributed by atoms with E-state index in [9.17, 15) is 0 Å². The molecule has 4 unspecified atom stereocenters. The van der Waals surface area contributed by atoms with Gasteiger partial charge in [-0.15, -0.1) is 0 Å². The number of hydrogen-bond acceptors (Lipinski definition) is 3. The van der Waals surface area contributed by atoms with Crippen molar-refractivity contribution in [3.8, 4) is 0 Å². The summed E-state index contributed by atoms with van der Waals surface area (Å²) >= 11 is 0. The van der Waals surface area contributed by atoms with Crippen LogP contribution in [0.5, 0.6) is 0 Å². The normalized spacial score (nSPS) is 22.4. The van der Waals surface area contributed by atoms with Gasteiger partial charge in [0.25, 0.3) is 0 Å². The molecule has 0 amide bonds. The van der Waals surface area contributed by atoms with Gasteiger partial charge in [0, 0.05) is 10.3 Å². The van der Waals surface area contributed by atoms with E-state index in [1.807, 2.05) is 0 Å². The van der Waals surface area contributed by atoms with Crippen LogP contribution in [0, 0.1) is 0 Å². The van der Waals surface area contributed by atoms with Crippen molar-refractivity contribution in [1.29, 1.82) is 0 Å². The van der Waals surface area contributed by atoms with Gasteiger partial charge in [0.1, 0.15) is 0 Å². The molecule has 0 heterocycles. The predicted molar refractivity (Wildman–Crippen MR) is 155 cm³/mol. The van der Waals surface area contributed by atoms with Crippen LogP contribution in [0.2, 0.25) is 64.0 Å². The first-order valence-electron chi connectivity index (χ1n) is 13.1. The molecule has 194 valence electrons. The lowest BCUT2D eigenvalue weighted by Gasteiger charge is -2.58. The molecule has 0 aromatic carbocycles. The number of rotatable bonds is 14. The minimum atomic E-state index is -2.16. The zero-order valence-electron chi connectivity index (χ0n) is 25.1. The molecular formula is C25H60O3Si4. The second kappa shape index (κ2) is 10.8. The van der Waals surface area contributed by atoms with Crippen molar-refractivity contribution >= 4 is 33.7 Å². The molecule has 0 aromatic heterocycles. The first-order chi connectivity index (χ1) is 14.0. The summed E-state index contributed by atoms with van der Waals surface area (Å²) in [5.41, 5.74) is -0.226. The maximum Gasteiger partial charge on any atom is 0.204 e. The summed E-state index contributed by atoms with van der Waals surface area (Å²) in [7, 11) is -7.01. The van der Waals surface area contributed by atoms with Crippen LogP contribution < -0.4 is 0 Å². The van der Waals surface area contributed by atoms with Crippen LogP contribution in [0.25, 0.3) is 0 Å². The van der Waals surface area contributed by atoms with Crippen LogP contribution in [0.3, 0.4) is 0 Å². The van der Waals surface area contributed by atoms with Gasteiger partial charge in [-0.3, -0.25) is 0 Å². The Morgan fingerprint density at radius 3 is 1.41 bits per heavy atom. The van der Waals surface area contributed by atoms with Gasteiger partial charge in [0.2, 0.25) is 9.04 Å². The molecule has 0 saturated heterocycles. The van der Waals surface area contributed by atoms with E-state index in [0.717, 1.165) is 25.7 Å². The molecule has 0 fully saturated rings. The third kappa shape index (κ3) is 6.91. The Balaban J connectivity index is 6.30. The molecule has 0 rings (SSSR count). The molecule has 0 spiro atoms. The van der Waals surface area contributed by atoms with Crippen molar-refractivity contribution in [1.82, 2.24) is 0 Å². The molecule has 0 radical (unpaired) electrons. The standard InChI is InChI=1S/C25H60O3Si4/c1-18-22(5,26-29(9)24(7,20-3)27-31(13,14)15)23(6,19-2)32(16,17)28-25(8,21-4)30(10,11)12/h29H,18-21H2,1-17H3/t22?,23?,24?,25-,29?/m0/s1. The largest absolute Gasteiger partial charge is 0.414 e. The highest BCUT2D eigenvalue weighted by Gasteiger charge is 2.59. The van der Waals surface area contributed by atoms with E-state index in [1.165, 1.54) is 0 Å². The lowest BCUT2D eigenvalue weighted by Crippen LogP contribution is -2.65. The Kier molecular flexibility index (Phi) is 11.0. The van der Waals surface area contributed by atoms with Crippen LogP contribution in [-0.4, -0.2) is 49.8 Å². The summed E-state index contributed by atoms with van der Waals surface area (Å²) in [6, 6.07) is 0. The van der Waals surface area contributed by atoms with Crippen molar-refractivity contribution in [2.45, 2.75) is 161 Å². The lowest BCUT2D eigenvalue weighted by atomic mass is 9.85. The van der Waals surface area contributed by atoms with E-state index in [-0.39, 0.29) is 21.1 Å². The highest BCUT2D eigenvalue weighted by Crippen LogP contribution is 2.56. The monoisotopic (exact) mass is 520 g/mol. The fourth-order valence-electron chi connectivity index (χ4n) is 5.13. The molecule has 0 N–H and O–H groups in total. The van der Waals surface area contributed by atoms with E-state index in [2.05, 4.69) is 114 Å². The molecule has 0 saturated carbocycles. The molecule has 0 aromatic rings. The SMILES string of the molecule is CCC(C)(O[Si](C)(C)C)[SiH](C)OC(C)(CC)C(C)(CC)[Si](C)(C)O[C@](C)(CC)[Si](C)(C)C. The average Bonchev–Trinajstić information content (AvgIpc) is 2.63. The Morgan fingerprint density at radius 1 is 0.656 bits per heavy atom. The summed E-state index contributed by atoms with van der Waals surface area (Å²) in [6.45, 7) is 40.2. The molecule has 0 aliphatic carbocycles. The maximum absolute atomic E-state index is 7.33.